The van der Waals surface area contributed by atoms with Gasteiger partial charge >= 0.3 is 12.0 Å². The molecule has 0 spiro atoms. The van der Waals surface area contributed by atoms with Crippen LogP contribution < -0.4 is 0 Å². The summed E-state index contributed by atoms with van der Waals surface area (Å²) < 4.78 is 72.7. The molecule has 0 heterocycles. The molecule has 0 bridgehead atoms. The van der Waals surface area contributed by atoms with Crippen LogP contribution in [-0.4, -0.2) is 12.1 Å². The van der Waals surface area contributed by atoms with Crippen LogP contribution in [0.5, 0.6) is 0 Å². The van der Waals surface area contributed by atoms with Gasteiger partial charge in [0.2, 0.25) is 5.83 Å². The lowest BCUT2D eigenvalue weighted by atomic mass is 10.1. The van der Waals surface area contributed by atoms with Crippen LogP contribution >= 0.6 is 0 Å². The molecule has 0 nitrogen and oxygen atoms in total. The van der Waals surface area contributed by atoms with Gasteiger partial charge in [-0.05, 0) is 6.42 Å². The highest BCUT2D eigenvalue weighted by atomic mass is 19.3. The Balaban J connectivity index is 4.52. The molecule has 0 aromatic heterocycles. The van der Waals surface area contributed by atoms with Crippen molar-refractivity contribution < 1.29 is 26.3 Å². The lowest BCUT2D eigenvalue weighted by Crippen LogP contribution is -2.31. The Labute approximate surface area is 77.6 Å². The minimum Gasteiger partial charge on any atom is -0.240 e. The Morgan fingerprint density at radius 1 is 1.21 bits per heavy atom. The third kappa shape index (κ3) is 3.23. The standard InChI is InChI=1S/C8H10F6/c1-2-3-4-5(9)8(13,14)6(10)7(11)12/h5H,2-4H2,1H3. The van der Waals surface area contributed by atoms with Crippen molar-refractivity contribution in [1.29, 1.82) is 0 Å². The zero-order valence-electron chi connectivity index (χ0n) is 7.47. The summed E-state index contributed by atoms with van der Waals surface area (Å²) >= 11 is 0. The predicted molar refractivity (Wildman–Crippen MR) is 39.7 cm³/mol. The number of alkyl halides is 3. The minimum absolute atomic E-state index is 0.0952. The molecule has 0 N–H and O–H groups in total. The molecule has 1 atom stereocenters. The second-order valence-corrected chi connectivity index (χ2v) is 2.81. The molecule has 0 amide bonds. The van der Waals surface area contributed by atoms with E-state index in [0.717, 1.165) is 0 Å². The van der Waals surface area contributed by atoms with Crippen molar-refractivity contribution in [3.63, 3.8) is 0 Å². The average molecular weight is 220 g/mol. The van der Waals surface area contributed by atoms with Gasteiger partial charge in [-0.15, -0.1) is 0 Å². The first-order valence-corrected chi connectivity index (χ1v) is 4.07. The van der Waals surface area contributed by atoms with E-state index in [0.29, 0.717) is 6.42 Å². The smallest absolute Gasteiger partial charge is 0.240 e. The van der Waals surface area contributed by atoms with Crippen LogP contribution in [0.3, 0.4) is 0 Å². The third-order valence-corrected chi connectivity index (χ3v) is 1.66. The first-order chi connectivity index (χ1) is 6.34. The summed E-state index contributed by atoms with van der Waals surface area (Å²) in [5.74, 6) is -7.69. The molecule has 0 aliphatic heterocycles. The summed E-state index contributed by atoms with van der Waals surface area (Å²) in [7, 11) is 0. The van der Waals surface area contributed by atoms with Crippen molar-refractivity contribution >= 4 is 0 Å². The Morgan fingerprint density at radius 2 is 1.71 bits per heavy atom. The number of rotatable bonds is 5. The highest BCUT2D eigenvalue weighted by Gasteiger charge is 2.47. The van der Waals surface area contributed by atoms with Gasteiger partial charge in [-0.1, -0.05) is 19.8 Å². The predicted octanol–water partition coefficient (Wildman–Crippen LogP) is 4.23. The van der Waals surface area contributed by atoms with E-state index in [1.54, 1.807) is 6.92 Å². The molecular weight excluding hydrogens is 210 g/mol. The second kappa shape index (κ2) is 5.26. The lowest BCUT2D eigenvalue weighted by molar-refractivity contribution is -0.0633. The fraction of sp³-hybridized carbons (Fsp3) is 0.750. The van der Waals surface area contributed by atoms with Crippen molar-refractivity contribution in [1.82, 2.24) is 0 Å². The molecule has 1 unspecified atom stereocenters. The molecule has 0 aliphatic carbocycles. The minimum atomic E-state index is -4.71. The Kier molecular flexibility index (Phi) is 5.01. The molecule has 6 heteroatoms. The van der Waals surface area contributed by atoms with Gasteiger partial charge in [0.05, 0.1) is 0 Å². The van der Waals surface area contributed by atoms with Gasteiger partial charge in [-0.3, -0.25) is 0 Å². The summed E-state index contributed by atoms with van der Waals surface area (Å²) in [5, 5.41) is 0. The molecule has 0 rings (SSSR count). The molecule has 0 radical (unpaired) electrons. The fourth-order valence-electron chi connectivity index (χ4n) is 0.828. The van der Waals surface area contributed by atoms with Gasteiger partial charge in [-0.2, -0.15) is 22.0 Å². The number of allylic oxidation sites excluding steroid dienone is 1. The summed E-state index contributed by atoms with van der Waals surface area (Å²) in [6, 6.07) is 0. The van der Waals surface area contributed by atoms with E-state index in [2.05, 4.69) is 0 Å². The maximum atomic E-state index is 12.6. The van der Waals surface area contributed by atoms with Crippen LogP contribution in [0.2, 0.25) is 0 Å². The Morgan fingerprint density at radius 3 is 2.07 bits per heavy atom. The summed E-state index contributed by atoms with van der Waals surface area (Å²) in [6.45, 7) is 1.62. The van der Waals surface area contributed by atoms with E-state index in [4.69, 9.17) is 0 Å². The average Bonchev–Trinajstić information content (AvgIpc) is 2.12. The van der Waals surface area contributed by atoms with E-state index >= 15 is 0 Å². The Bertz CT molecular complexity index is 206. The van der Waals surface area contributed by atoms with Crippen LogP contribution in [0.15, 0.2) is 11.9 Å². The van der Waals surface area contributed by atoms with Crippen molar-refractivity contribution in [2.45, 2.75) is 38.3 Å². The van der Waals surface area contributed by atoms with Crippen molar-refractivity contribution in [3.05, 3.63) is 11.9 Å². The van der Waals surface area contributed by atoms with E-state index in [-0.39, 0.29) is 6.42 Å². The molecule has 0 aromatic rings. The van der Waals surface area contributed by atoms with E-state index in [9.17, 15) is 26.3 Å². The van der Waals surface area contributed by atoms with Gasteiger partial charge in [0, 0.05) is 0 Å². The first-order valence-electron chi connectivity index (χ1n) is 4.07. The van der Waals surface area contributed by atoms with Gasteiger partial charge in [-0.25, -0.2) is 4.39 Å². The highest BCUT2D eigenvalue weighted by Crippen LogP contribution is 2.36. The quantitative estimate of drug-likeness (QED) is 0.608. The zero-order valence-corrected chi connectivity index (χ0v) is 7.47. The molecule has 14 heavy (non-hydrogen) atoms. The SMILES string of the molecule is CCCCC(F)C(F)(F)C(F)=C(F)F. The molecule has 84 valence electrons. The zero-order chi connectivity index (χ0) is 11.4. The number of halogens is 6. The summed E-state index contributed by atoms with van der Waals surface area (Å²) in [6.07, 6.45) is -6.18. The topological polar surface area (TPSA) is 0 Å². The molecule has 0 aliphatic rings. The van der Waals surface area contributed by atoms with Crippen molar-refractivity contribution in [2.24, 2.45) is 0 Å². The van der Waals surface area contributed by atoms with Gasteiger partial charge < -0.3 is 0 Å². The molecular formula is C8H10F6. The monoisotopic (exact) mass is 220 g/mol. The Hall–Kier alpha value is -0.680. The molecule has 0 aromatic carbocycles. The highest BCUT2D eigenvalue weighted by molar-refractivity contribution is 5.07. The third-order valence-electron chi connectivity index (χ3n) is 1.66. The van der Waals surface area contributed by atoms with Crippen LogP contribution in [0.25, 0.3) is 0 Å². The normalized spacial score (nSPS) is 13.9. The fourth-order valence-corrected chi connectivity index (χ4v) is 0.828. The number of hydrogen-bond acceptors (Lipinski definition) is 0. The van der Waals surface area contributed by atoms with Gasteiger partial charge in [0.25, 0.3) is 0 Å². The van der Waals surface area contributed by atoms with E-state index < -0.39 is 30.4 Å². The van der Waals surface area contributed by atoms with E-state index in [1.807, 2.05) is 0 Å². The molecule has 0 fully saturated rings. The molecule has 0 saturated heterocycles. The number of hydrogen-bond donors (Lipinski definition) is 0. The van der Waals surface area contributed by atoms with Gasteiger partial charge in [0.15, 0.2) is 6.17 Å². The summed E-state index contributed by atoms with van der Waals surface area (Å²) in [5.41, 5.74) is 0. The maximum absolute atomic E-state index is 12.6. The second-order valence-electron chi connectivity index (χ2n) is 2.81. The molecule has 0 saturated carbocycles. The first kappa shape index (κ1) is 13.3. The number of unbranched alkanes of at least 4 members (excludes halogenated alkanes) is 1. The van der Waals surface area contributed by atoms with Crippen molar-refractivity contribution in [2.75, 3.05) is 0 Å². The van der Waals surface area contributed by atoms with Crippen LogP contribution in [-0.2, 0) is 0 Å². The van der Waals surface area contributed by atoms with Crippen LogP contribution in [0, 0.1) is 0 Å². The van der Waals surface area contributed by atoms with Crippen molar-refractivity contribution in [3.8, 4) is 0 Å². The van der Waals surface area contributed by atoms with Gasteiger partial charge in [0.1, 0.15) is 0 Å². The van der Waals surface area contributed by atoms with Crippen LogP contribution in [0.1, 0.15) is 26.2 Å². The lowest BCUT2D eigenvalue weighted by Gasteiger charge is -2.17. The maximum Gasteiger partial charge on any atom is 0.334 e. The largest absolute Gasteiger partial charge is 0.334 e. The summed E-state index contributed by atoms with van der Waals surface area (Å²) in [4.78, 5) is 0. The van der Waals surface area contributed by atoms with Crippen LogP contribution in [0.4, 0.5) is 26.3 Å². The van der Waals surface area contributed by atoms with E-state index in [1.165, 1.54) is 0 Å².